The summed E-state index contributed by atoms with van der Waals surface area (Å²) >= 11 is 0. The van der Waals surface area contributed by atoms with Crippen LogP contribution in [0.5, 0.6) is 0 Å². The van der Waals surface area contributed by atoms with Gasteiger partial charge in [0.25, 0.3) is 0 Å². The van der Waals surface area contributed by atoms with Gasteiger partial charge in [-0.15, -0.1) is 0 Å². The minimum absolute atomic E-state index is 0.0190. The second kappa shape index (κ2) is 10.7. The van der Waals surface area contributed by atoms with E-state index in [1.54, 1.807) is 62.5 Å². The van der Waals surface area contributed by atoms with Gasteiger partial charge in [0.05, 0.1) is 16.7 Å². The molecule has 2 heterocycles. The van der Waals surface area contributed by atoms with Crippen LogP contribution in [0.2, 0.25) is 0 Å². The van der Waals surface area contributed by atoms with E-state index in [1.807, 2.05) is 0 Å². The average Bonchev–Trinajstić information content (AvgIpc) is 3.50. The van der Waals surface area contributed by atoms with Crippen molar-refractivity contribution in [3.05, 3.63) is 118 Å². The van der Waals surface area contributed by atoms with Gasteiger partial charge in [0.1, 0.15) is 23.7 Å². The molecule has 0 bridgehead atoms. The van der Waals surface area contributed by atoms with E-state index < -0.39 is 23.5 Å². The molecule has 6 nitrogen and oxygen atoms in total. The van der Waals surface area contributed by atoms with Gasteiger partial charge in [-0.25, -0.2) is 4.98 Å². The van der Waals surface area contributed by atoms with Gasteiger partial charge >= 0.3 is 24.5 Å². The highest BCUT2D eigenvalue weighted by molar-refractivity contribution is 6.24. The minimum atomic E-state index is -4.59. The molecule has 0 atom stereocenters. The zero-order valence-electron chi connectivity index (χ0n) is 25.0. The molecule has 12 heteroatoms. The highest BCUT2D eigenvalue weighted by atomic mass is 19.4. The van der Waals surface area contributed by atoms with Gasteiger partial charge in [-0.2, -0.15) is 51.0 Å². The van der Waals surface area contributed by atoms with Crippen molar-refractivity contribution in [2.45, 2.75) is 26.2 Å². The fraction of sp³-hybridized carbons (Fsp3) is 0.111. The zero-order valence-corrected chi connectivity index (χ0v) is 25.0. The number of hydrogen-bond donors (Lipinski definition) is 0. The molecule has 0 amide bonds. The number of aromatic nitrogens is 2. The zero-order chi connectivity index (χ0) is 34.1. The van der Waals surface area contributed by atoms with Crippen molar-refractivity contribution in [3.8, 4) is 51.0 Å². The van der Waals surface area contributed by atoms with Crippen LogP contribution in [0.25, 0.3) is 49.6 Å². The Labute approximate surface area is 269 Å². The summed E-state index contributed by atoms with van der Waals surface area (Å²) < 4.78 is 83.3. The van der Waals surface area contributed by atoms with Crippen molar-refractivity contribution in [3.63, 3.8) is 0 Å². The molecule has 234 valence electrons. The lowest BCUT2D eigenvalue weighted by Crippen LogP contribution is -2.08. The lowest BCUT2D eigenvalue weighted by Gasteiger charge is -2.14. The number of hydrogen-bond acceptors (Lipinski definition) is 4. The van der Waals surface area contributed by atoms with Crippen LogP contribution in [0.1, 0.15) is 33.5 Å². The summed E-state index contributed by atoms with van der Waals surface area (Å²) in [4.78, 5) is 17.1. The molecule has 4 aromatic carbocycles. The molecule has 0 saturated carbocycles. The Morgan fingerprint density at radius 1 is 0.750 bits per heavy atom. The molecule has 7 rings (SSSR count). The largest absolute Gasteiger partial charge is 0.417 e. The van der Waals surface area contributed by atoms with Gasteiger partial charge in [0, 0.05) is 17.2 Å². The first kappa shape index (κ1) is 30.5. The normalized spacial score (nSPS) is 14.7. The Morgan fingerprint density at radius 2 is 1.44 bits per heavy atom. The van der Waals surface area contributed by atoms with Crippen LogP contribution < -0.4 is 4.58 Å². The lowest BCUT2D eigenvalue weighted by molar-refractivity contribution is -0.138. The number of aliphatic imine (C=N–C) groups is 1. The maximum atomic E-state index is 14.0. The Bertz CT molecular complexity index is 2370. The van der Waals surface area contributed by atoms with E-state index in [-0.39, 0.29) is 28.4 Å². The van der Waals surface area contributed by atoms with Crippen LogP contribution in [0.3, 0.4) is 0 Å². The molecule has 0 spiro atoms. The van der Waals surface area contributed by atoms with Crippen LogP contribution in [-0.2, 0) is 12.4 Å². The quantitative estimate of drug-likeness (QED) is 0.0616. The summed E-state index contributed by atoms with van der Waals surface area (Å²) in [6, 6.07) is 17.5. The number of nitrogens with zero attached hydrogens (tertiary/aromatic N) is 6. The van der Waals surface area contributed by atoms with E-state index in [2.05, 4.69) is 9.84 Å². The SMILES string of the molecule is [C-]#[N+]C=[N+]1c2cc(-c3ccc(C)cc3C(F)(F)F)ccc2-c2nc3c(nc21)-c1ccc(-c2ccc(C(F)(F)F)cc2C)cc1C3=NC#N. The van der Waals surface area contributed by atoms with Gasteiger partial charge in [0.2, 0.25) is 11.9 Å². The minimum Gasteiger partial charge on any atom is -0.235 e. The van der Waals surface area contributed by atoms with E-state index in [9.17, 15) is 31.6 Å². The molecule has 48 heavy (non-hydrogen) atoms. The van der Waals surface area contributed by atoms with Gasteiger partial charge in [0.15, 0.2) is 5.69 Å². The van der Waals surface area contributed by atoms with Crippen molar-refractivity contribution in [2.75, 3.05) is 0 Å². The molecule has 0 radical (unpaired) electrons. The number of fused-ring (bicyclic) bond motifs is 6. The first-order valence-corrected chi connectivity index (χ1v) is 14.3. The number of halogens is 6. The summed E-state index contributed by atoms with van der Waals surface area (Å²) in [5.74, 6) is 0.267. The van der Waals surface area contributed by atoms with Gasteiger partial charge in [-0.05, 0) is 72.0 Å². The summed E-state index contributed by atoms with van der Waals surface area (Å²) in [6.07, 6.45) is -6.11. The van der Waals surface area contributed by atoms with Gasteiger partial charge < -0.3 is 0 Å². The smallest absolute Gasteiger partial charge is 0.235 e. The Morgan fingerprint density at radius 3 is 2.10 bits per heavy atom. The highest BCUT2D eigenvalue weighted by Gasteiger charge is 2.41. The van der Waals surface area contributed by atoms with Crippen LogP contribution in [0, 0.1) is 31.9 Å². The third kappa shape index (κ3) is 4.81. The number of aryl methyl sites for hydroxylation is 2. The molecule has 1 aliphatic heterocycles. The number of rotatable bonds is 2. The third-order valence-electron chi connectivity index (χ3n) is 8.36. The maximum absolute atomic E-state index is 14.0. The fourth-order valence-corrected chi connectivity index (χ4v) is 6.23. The lowest BCUT2D eigenvalue weighted by atomic mass is 9.95. The van der Waals surface area contributed by atoms with Gasteiger partial charge in [-0.3, -0.25) is 0 Å². The maximum Gasteiger partial charge on any atom is 0.417 e. The monoisotopic (exact) mass is 649 g/mol. The first-order valence-electron chi connectivity index (χ1n) is 14.3. The molecule has 2 aliphatic rings. The molecule has 0 N–H and O–H groups in total. The summed E-state index contributed by atoms with van der Waals surface area (Å²) in [5, 5.41) is 9.60. The molecule has 0 fully saturated rings. The number of nitriles is 1. The van der Waals surface area contributed by atoms with Crippen LogP contribution in [-0.4, -0.2) is 22.0 Å². The predicted molar refractivity (Wildman–Crippen MR) is 169 cm³/mol. The number of benzene rings is 4. The summed E-state index contributed by atoms with van der Waals surface area (Å²) in [5.41, 5.74) is 3.93. The molecule has 5 aromatic rings. The van der Waals surface area contributed by atoms with Crippen molar-refractivity contribution in [2.24, 2.45) is 4.99 Å². The standard InChI is InChI=1S/C36H19F6N6/c1-18-4-8-24(28(12-18)36(40,41)42)21-6-10-26-29(15-21)48(17-44-3)34-32(26)46-33-30(45-16-43)27-14-20(5-9-25(27)31(33)47-34)23-11-7-22(13-19(23)2)35(37,38)39/h4-15,17H,1-2H3/q+1. The van der Waals surface area contributed by atoms with Crippen molar-refractivity contribution in [1.82, 2.24) is 14.5 Å². The Balaban J connectivity index is 1.36. The summed E-state index contributed by atoms with van der Waals surface area (Å²) in [7, 11) is 0. The van der Waals surface area contributed by atoms with Gasteiger partial charge in [-0.1, -0.05) is 42.0 Å². The van der Waals surface area contributed by atoms with Crippen LogP contribution in [0.15, 0.2) is 77.8 Å². The van der Waals surface area contributed by atoms with E-state index in [0.717, 1.165) is 18.2 Å². The van der Waals surface area contributed by atoms with Crippen LogP contribution in [0.4, 0.5) is 37.8 Å². The highest BCUT2D eigenvalue weighted by Crippen LogP contribution is 2.49. The predicted octanol–water partition coefficient (Wildman–Crippen LogP) is 9.53. The molecular formula is C36H19F6N6+. The Kier molecular flexibility index (Phi) is 6.81. The van der Waals surface area contributed by atoms with Crippen molar-refractivity contribution >= 4 is 23.6 Å². The van der Waals surface area contributed by atoms with Crippen molar-refractivity contribution < 1.29 is 26.3 Å². The molecule has 1 aromatic heterocycles. The fourth-order valence-electron chi connectivity index (χ4n) is 6.23. The molecule has 0 unspecified atom stereocenters. The van der Waals surface area contributed by atoms with E-state index >= 15 is 0 Å². The van der Waals surface area contributed by atoms with Crippen molar-refractivity contribution in [1.29, 1.82) is 5.26 Å². The van der Waals surface area contributed by atoms with E-state index in [0.29, 0.717) is 56.0 Å². The second-order valence-electron chi connectivity index (χ2n) is 11.3. The van der Waals surface area contributed by atoms with E-state index in [1.165, 1.54) is 23.0 Å². The topological polar surface area (TPSA) is 69.3 Å². The molecule has 1 aliphatic carbocycles. The van der Waals surface area contributed by atoms with E-state index in [4.69, 9.17) is 16.5 Å². The number of alkyl halides is 6. The second-order valence-corrected chi connectivity index (χ2v) is 11.3. The van der Waals surface area contributed by atoms with Crippen LogP contribution >= 0.6 is 0 Å². The average molecular weight is 650 g/mol. The molecular weight excluding hydrogens is 630 g/mol. The third-order valence-corrected chi connectivity index (χ3v) is 8.36. The Hall–Kier alpha value is -6.14. The first-order chi connectivity index (χ1) is 22.8. The molecule has 0 saturated heterocycles. The summed E-state index contributed by atoms with van der Waals surface area (Å²) in [6.45, 7) is 10.7.